The number of benzene rings is 1. The Bertz CT molecular complexity index is 685. The number of nitriles is 2. The van der Waals surface area contributed by atoms with Crippen LogP contribution >= 0.6 is 0 Å². The Balaban J connectivity index is 2.63. The molecule has 0 amide bonds. The largest absolute Gasteiger partial charge is 0.316 e. The van der Waals surface area contributed by atoms with Crippen LogP contribution in [0.3, 0.4) is 0 Å². The minimum atomic E-state index is 0.151. The molecule has 1 N–H and O–H groups in total. The van der Waals surface area contributed by atoms with E-state index in [1.54, 1.807) is 4.57 Å². The maximum Gasteiger partial charge on any atom is 0.177 e. The molecule has 5 nitrogen and oxygen atoms in total. The lowest BCUT2D eigenvalue weighted by atomic mass is 10.1. The summed E-state index contributed by atoms with van der Waals surface area (Å²) in [6.45, 7) is 2.70. The van der Waals surface area contributed by atoms with Crippen molar-refractivity contribution in [2.24, 2.45) is 0 Å². The fraction of sp³-hybridized carbons (Fsp3) is 0.214. The Morgan fingerprint density at radius 3 is 2.74 bits per heavy atom. The Hall–Kier alpha value is -2.63. The molecule has 0 unspecified atom stereocenters. The molecule has 0 aliphatic rings. The van der Waals surface area contributed by atoms with Gasteiger partial charge in [-0.3, -0.25) is 4.57 Å². The van der Waals surface area contributed by atoms with Crippen molar-refractivity contribution < 1.29 is 0 Å². The summed E-state index contributed by atoms with van der Waals surface area (Å²) in [5, 5.41) is 21.2. The molecule has 0 spiro atoms. The predicted octanol–water partition coefficient (Wildman–Crippen LogP) is 1.64. The van der Waals surface area contributed by atoms with Gasteiger partial charge >= 0.3 is 0 Å². The van der Waals surface area contributed by atoms with Gasteiger partial charge in [0, 0.05) is 6.54 Å². The fourth-order valence-corrected chi connectivity index (χ4v) is 2.00. The van der Waals surface area contributed by atoms with Gasteiger partial charge in [-0.15, -0.1) is 0 Å². The number of aromatic nitrogens is 2. The van der Waals surface area contributed by atoms with Crippen molar-refractivity contribution in [2.45, 2.75) is 13.5 Å². The molecular formula is C14H13N5. The predicted molar refractivity (Wildman–Crippen MR) is 70.5 cm³/mol. The molecule has 0 saturated heterocycles. The highest BCUT2D eigenvalue weighted by Gasteiger charge is 2.13. The smallest absolute Gasteiger partial charge is 0.177 e. The first-order valence-corrected chi connectivity index (χ1v) is 5.83. The van der Waals surface area contributed by atoms with Crippen LogP contribution in [0, 0.1) is 29.6 Å². The first-order chi connectivity index (χ1) is 9.21. The van der Waals surface area contributed by atoms with E-state index >= 15 is 0 Å². The molecule has 0 aliphatic heterocycles. The number of imidazole rings is 1. The summed E-state index contributed by atoms with van der Waals surface area (Å²) in [4.78, 5) is 3.96. The molecule has 2 rings (SSSR count). The Morgan fingerprint density at radius 2 is 2.11 bits per heavy atom. The van der Waals surface area contributed by atoms with Crippen LogP contribution in [0.4, 0.5) is 0 Å². The number of hydrogen-bond donors (Lipinski definition) is 1. The highest BCUT2D eigenvalue weighted by molar-refractivity contribution is 5.49. The zero-order chi connectivity index (χ0) is 13.8. The van der Waals surface area contributed by atoms with E-state index in [0.29, 0.717) is 6.54 Å². The average molecular weight is 251 g/mol. The third kappa shape index (κ3) is 2.33. The lowest BCUT2D eigenvalue weighted by Gasteiger charge is -2.11. The van der Waals surface area contributed by atoms with Crippen LogP contribution in [0.5, 0.6) is 0 Å². The normalized spacial score (nSPS) is 9.89. The van der Waals surface area contributed by atoms with Crippen molar-refractivity contribution in [3.63, 3.8) is 0 Å². The monoisotopic (exact) mass is 251 g/mol. The third-order valence-electron chi connectivity index (χ3n) is 2.84. The van der Waals surface area contributed by atoms with E-state index in [-0.39, 0.29) is 11.4 Å². The highest BCUT2D eigenvalue weighted by atomic mass is 15.1. The molecule has 0 atom stereocenters. The van der Waals surface area contributed by atoms with Gasteiger partial charge in [0.1, 0.15) is 18.5 Å². The van der Waals surface area contributed by atoms with E-state index in [9.17, 15) is 5.26 Å². The van der Waals surface area contributed by atoms with Crippen molar-refractivity contribution in [3.05, 3.63) is 47.0 Å². The maximum absolute atomic E-state index is 9.18. The van der Waals surface area contributed by atoms with Crippen molar-refractivity contribution in [1.29, 1.82) is 10.5 Å². The summed E-state index contributed by atoms with van der Waals surface area (Å²) in [5.41, 5.74) is 3.49. The van der Waals surface area contributed by atoms with Gasteiger partial charge in [-0.25, -0.2) is 4.98 Å². The topological polar surface area (TPSA) is 77.4 Å². The van der Waals surface area contributed by atoms with E-state index in [0.717, 1.165) is 16.8 Å². The first kappa shape index (κ1) is 12.8. The van der Waals surface area contributed by atoms with Crippen molar-refractivity contribution in [3.8, 4) is 17.8 Å². The van der Waals surface area contributed by atoms with Gasteiger partial charge in [-0.1, -0.05) is 17.7 Å². The molecule has 1 aromatic carbocycles. The van der Waals surface area contributed by atoms with Gasteiger partial charge in [0.2, 0.25) is 0 Å². The van der Waals surface area contributed by atoms with E-state index in [1.165, 1.54) is 6.33 Å². The van der Waals surface area contributed by atoms with Gasteiger partial charge < -0.3 is 5.32 Å². The van der Waals surface area contributed by atoms with E-state index in [1.807, 2.05) is 38.2 Å². The molecule has 2 aromatic rings. The molecule has 0 radical (unpaired) electrons. The van der Waals surface area contributed by atoms with Crippen LogP contribution in [0.15, 0.2) is 24.5 Å². The number of rotatable bonds is 3. The summed E-state index contributed by atoms with van der Waals surface area (Å²) in [5.74, 6) is 0. The number of nitrogens with zero attached hydrogens (tertiary/aromatic N) is 4. The van der Waals surface area contributed by atoms with Gasteiger partial charge in [-0.05, 0) is 25.6 Å². The van der Waals surface area contributed by atoms with Gasteiger partial charge in [0.15, 0.2) is 11.4 Å². The third-order valence-corrected chi connectivity index (χ3v) is 2.84. The number of aryl methyl sites for hydroxylation is 1. The molecular weight excluding hydrogens is 238 g/mol. The number of nitrogens with one attached hydrogen (secondary N) is 1. The van der Waals surface area contributed by atoms with Crippen molar-refractivity contribution >= 4 is 0 Å². The standard InChI is InChI=1S/C14H13N5/c1-10-3-4-13(11(5-10)8-17-2)19-9-18-12(6-15)14(19)7-16/h3-5,9,17H,8H2,1-2H3. The molecule has 0 aliphatic carbocycles. The molecule has 0 fully saturated rings. The van der Waals surface area contributed by atoms with Crippen LogP contribution in [-0.2, 0) is 6.54 Å². The molecule has 0 bridgehead atoms. The summed E-state index contributed by atoms with van der Waals surface area (Å²) >= 11 is 0. The van der Waals surface area contributed by atoms with Crippen LogP contribution < -0.4 is 5.32 Å². The second-order valence-corrected chi connectivity index (χ2v) is 4.20. The quantitative estimate of drug-likeness (QED) is 0.899. The molecule has 1 aromatic heterocycles. The van der Waals surface area contributed by atoms with Gasteiger partial charge in [0.25, 0.3) is 0 Å². The van der Waals surface area contributed by atoms with E-state index in [2.05, 4.69) is 16.4 Å². The van der Waals surface area contributed by atoms with Crippen LogP contribution in [0.25, 0.3) is 5.69 Å². The maximum atomic E-state index is 9.18. The average Bonchev–Trinajstić information content (AvgIpc) is 2.82. The lowest BCUT2D eigenvalue weighted by Crippen LogP contribution is -2.10. The summed E-state index contributed by atoms with van der Waals surface area (Å²) in [6.07, 6.45) is 1.51. The van der Waals surface area contributed by atoms with Gasteiger partial charge in [-0.2, -0.15) is 10.5 Å². The molecule has 1 heterocycles. The molecule has 19 heavy (non-hydrogen) atoms. The second-order valence-electron chi connectivity index (χ2n) is 4.20. The highest BCUT2D eigenvalue weighted by Crippen LogP contribution is 2.19. The zero-order valence-electron chi connectivity index (χ0n) is 10.8. The Kier molecular flexibility index (Phi) is 3.61. The van der Waals surface area contributed by atoms with Gasteiger partial charge in [0.05, 0.1) is 5.69 Å². The summed E-state index contributed by atoms with van der Waals surface area (Å²) < 4.78 is 1.66. The van der Waals surface area contributed by atoms with Crippen LogP contribution in [-0.4, -0.2) is 16.6 Å². The Morgan fingerprint density at radius 1 is 1.32 bits per heavy atom. The van der Waals surface area contributed by atoms with Crippen molar-refractivity contribution in [2.75, 3.05) is 7.05 Å². The van der Waals surface area contributed by atoms with E-state index in [4.69, 9.17) is 5.26 Å². The first-order valence-electron chi connectivity index (χ1n) is 5.83. The van der Waals surface area contributed by atoms with E-state index < -0.39 is 0 Å². The SMILES string of the molecule is CNCc1cc(C)ccc1-n1cnc(C#N)c1C#N. The van der Waals surface area contributed by atoms with Crippen molar-refractivity contribution in [1.82, 2.24) is 14.9 Å². The van der Waals surface area contributed by atoms with Crippen LogP contribution in [0.2, 0.25) is 0 Å². The summed E-state index contributed by atoms with van der Waals surface area (Å²) in [7, 11) is 1.87. The summed E-state index contributed by atoms with van der Waals surface area (Å²) in [6, 6.07) is 9.93. The number of hydrogen-bond acceptors (Lipinski definition) is 4. The fourth-order valence-electron chi connectivity index (χ4n) is 2.00. The van der Waals surface area contributed by atoms with Crippen LogP contribution in [0.1, 0.15) is 22.5 Å². The second kappa shape index (κ2) is 5.34. The molecule has 5 heteroatoms. The molecule has 94 valence electrons. The zero-order valence-corrected chi connectivity index (χ0v) is 10.8. The molecule has 0 saturated carbocycles. The minimum Gasteiger partial charge on any atom is -0.316 e. The Labute approximate surface area is 111 Å². The minimum absolute atomic E-state index is 0.151. The lowest BCUT2D eigenvalue weighted by molar-refractivity contribution is 0.805.